The molecule has 2 atom stereocenters. The van der Waals surface area contributed by atoms with Gasteiger partial charge in [-0.3, -0.25) is 4.79 Å². The number of amides is 1. The zero-order valence-electron chi connectivity index (χ0n) is 12.3. The molecule has 1 N–H and O–H groups in total. The molecule has 8 heteroatoms. The maximum atomic E-state index is 12.8. The molecule has 1 aromatic heterocycles. The lowest BCUT2D eigenvalue weighted by Gasteiger charge is -2.46. The van der Waals surface area contributed by atoms with E-state index in [-0.39, 0.29) is 23.9 Å². The van der Waals surface area contributed by atoms with E-state index in [9.17, 15) is 23.1 Å². The quantitative estimate of drug-likeness (QED) is 0.799. The van der Waals surface area contributed by atoms with Crippen LogP contribution in [0.3, 0.4) is 0 Å². The van der Waals surface area contributed by atoms with Gasteiger partial charge < -0.3 is 14.9 Å². The highest BCUT2D eigenvalue weighted by Gasteiger charge is 2.39. The van der Waals surface area contributed by atoms with Crippen molar-refractivity contribution in [3.05, 3.63) is 36.0 Å². The lowest BCUT2D eigenvalue weighted by Crippen LogP contribution is -2.57. The van der Waals surface area contributed by atoms with Crippen molar-refractivity contribution < 1.29 is 23.1 Å². The van der Waals surface area contributed by atoms with E-state index < -0.39 is 17.8 Å². The van der Waals surface area contributed by atoms with Crippen LogP contribution in [0.2, 0.25) is 0 Å². The van der Waals surface area contributed by atoms with E-state index in [4.69, 9.17) is 0 Å². The summed E-state index contributed by atoms with van der Waals surface area (Å²) < 4.78 is 38.4. The number of halogens is 3. The number of alkyl halides is 3. The van der Waals surface area contributed by atoms with Crippen LogP contribution < -0.4 is 4.90 Å². The largest absolute Gasteiger partial charge is 0.417 e. The minimum atomic E-state index is -4.49. The average molecular weight is 327 g/mol. The molecule has 0 aliphatic carbocycles. The number of aliphatic hydroxyl groups is 1. The molecule has 5 nitrogen and oxygen atoms in total. The molecular formula is C15H16F3N3O2. The second-order valence-corrected chi connectivity index (χ2v) is 5.72. The molecule has 1 amide bonds. The summed E-state index contributed by atoms with van der Waals surface area (Å²) in [4.78, 5) is 19.1. The number of aromatic nitrogens is 1. The van der Waals surface area contributed by atoms with Crippen LogP contribution in [0.4, 0.5) is 19.0 Å². The molecule has 1 fully saturated rings. The van der Waals surface area contributed by atoms with Crippen LogP contribution in [-0.4, -0.2) is 46.6 Å². The van der Waals surface area contributed by atoms with Crippen LogP contribution in [0.1, 0.15) is 23.7 Å². The maximum Gasteiger partial charge on any atom is 0.417 e. The van der Waals surface area contributed by atoms with Gasteiger partial charge in [-0.25, -0.2) is 4.98 Å². The number of pyridine rings is 1. The fourth-order valence-corrected chi connectivity index (χ4v) is 3.16. The molecule has 0 saturated carbocycles. The van der Waals surface area contributed by atoms with E-state index in [1.54, 1.807) is 4.90 Å². The number of carbonyl (C=O) groups excluding carboxylic acids is 1. The second-order valence-electron chi connectivity index (χ2n) is 5.72. The molecule has 1 aromatic rings. The Hall–Kier alpha value is -2.09. The topological polar surface area (TPSA) is 56.7 Å². The van der Waals surface area contributed by atoms with E-state index in [2.05, 4.69) is 11.6 Å². The first kappa shape index (κ1) is 15.8. The highest BCUT2D eigenvalue weighted by molar-refractivity contribution is 5.87. The Morgan fingerprint density at radius 3 is 2.83 bits per heavy atom. The van der Waals surface area contributed by atoms with Gasteiger partial charge in [0.25, 0.3) is 0 Å². The van der Waals surface area contributed by atoms with Crippen LogP contribution in [-0.2, 0) is 11.0 Å². The fraction of sp³-hybridized carbons (Fsp3) is 0.467. The Balaban J connectivity index is 1.90. The van der Waals surface area contributed by atoms with Gasteiger partial charge >= 0.3 is 6.18 Å². The Morgan fingerprint density at radius 1 is 1.43 bits per heavy atom. The molecule has 0 aromatic carbocycles. The molecular weight excluding hydrogens is 311 g/mol. The third-order valence-electron chi connectivity index (χ3n) is 4.32. The Bertz CT molecular complexity index is 647. The summed E-state index contributed by atoms with van der Waals surface area (Å²) >= 11 is 0. The lowest BCUT2D eigenvalue weighted by molar-refractivity contribution is -0.138. The highest BCUT2D eigenvalue weighted by atomic mass is 19.4. The van der Waals surface area contributed by atoms with Gasteiger partial charge in [0, 0.05) is 31.4 Å². The number of piperazine rings is 1. The van der Waals surface area contributed by atoms with Crippen molar-refractivity contribution >= 4 is 11.7 Å². The van der Waals surface area contributed by atoms with Gasteiger partial charge in [0.15, 0.2) is 0 Å². The van der Waals surface area contributed by atoms with Crippen LogP contribution in [0, 0.1) is 0 Å². The summed E-state index contributed by atoms with van der Waals surface area (Å²) in [5, 5.41) is 10.2. The summed E-state index contributed by atoms with van der Waals surface area (Å²) in [5.41, 5.74) is -0.672. The summed E-state index contributed by atoms with van der Waals surface area (Å²) in [6.45, 7) is 4.75. The molecule has 0 radical (unpaired) electrons. The molecule has 0 bridgehead atoms. The number of aliphatic hydroxyl groups excluding tert-OH is 1. The van der Waals surface area contributed by atoms with Crippen molar-refractivity contribution in [3.8, 4) is 0 Å². The number of fused-ring (bicyclic) bond motifs is 3. The first-order chi connectivity index (χ1) is 10.8. The molecule has 3 heterocycles. The molecule has 2 aliphatic rings. The minimum absolute atomic E-state index is 0.167. The molecule has 23 heavy (non-hydrogen) atoms. The van der Waals surface area contributed by atoms with E-state index in [1.807, 2.05) is 4.90 Å². The third kappa shape index (κ3) is 2.78. The number of nitrogens with zero attached hydrogens (tertiary/aromatic N) is 3. The van der Waals surface area contributed by atoms with E-state index in [0.29, 0.717) is 25.5 Å². The highest BCUT2D eigenvalue weighted by Crippen LogP contribution is 2.40. The van der Waals surface area contributed by atoms with Gasteiger partial charge in [-0.15, -0.1) is 0 Å². The number of hydrogen-bond acceptors (Lipinski definition) is 4. The van der Waals surface area contributed by atoms with Crippen LogP contribution >= 0.6 is 0 Å². The normalized spacial score (nSPS) is 24.0. The van der Waals surface area contributed by atoms with Crippen molar-refractivity contribution in [1.82, 2.24) is 9.88 Å². The monoisotopic (exact) mass is 327 g/mol. The van der Waals surface area contributed by atoms with Crippen molar-refractivity contribution in [3.63, 3.8) is 0 Å². The fourth-order valence-electron chi connectivity index (χ4n) is 3.16. The number of carbonyl (C=O) groups is 1. The standard InChI is InChI=1S/C15H16F3N3O2/c1-2-13(23)20-3-4-21-10(8-20)6-12(22)11-5-9(15(16,17)18)7-19-14(11)21/h2,5,7,10,12,22H,1,3-4,6,8H2/t10-,12?/m0/s1. The van der Waals surface area contributed by atoms with E-state index in [1.165, 1.54) is 6.08 Å². The van der Waals surface area contributed by atoms with Gasteiger partial charge in [0.1, 0.15) is 5.82 Å². The third-order valence-corrected chi connectivity index (χ3v) is 4.32. The van der Waals surface area contributed by atoms with Crippen molar-refractivity contribution in [2.45, 2.75) is 24.7 Å². The predicted octanol–water partition coefficient (Wildman–Crippen LogP) is 1.74. The smallest absolute Gasteiger partial charge is 0.388 e. The number of rotatable bonds is 1. The first-order valence-electron chi connectivity index (χ1n) is 7.24. The van der Waals surface area contributed by atoms with Crippen LogP contribution in [0.25, 0.3) is 0 Å². The van der Waals surface area contributed by atoms with Gasteiger partial charge in [-0.2, -0.15) is 13.2 Å². The van der Waals surface area contributed by atoms with Gasteiger partial charge in [0.05, 0.1) is 17.7 Å². The minimum Gasteiger partial charge on any atom is -0.388 e. The van der Waals surface area contributed by atoms with Crippen LogP contribution in [0.15, 0.2) is 24.9 Å². The van der Waals surface area contributed by atoms with Gasteiger partial charge in [-0.05, 0) is 18.6 Å². The first-order valence-corrected chi connectivity index (χ1v) is 7.24. The van der Waals surface area contributed by atoms with Crippen LogP contribution in [0.5, 0.6) is 0 Å². The van der Waals surface area contributed by atoms with Crippen molar-refractivity contribution in [1.29, 1.82) is 0 Å². The van der Waals surface area contributed by atoms with E-state index >= 15 is 0 Å². The maximum absolute atomic E-state index is 12.8. The Morgan fingerprint density at radius 2 is 2.17 bits per heavy atom. The number of hydrogen-bond donors (Lipinski definition) is 1. The summed E-state index contributed by atoms with van der Waals surface area (Å²) in [6.07, 6.45) is -3.24. The Kier molecular flexibility index (Phi) is 3.79. The number of anilines is 1. The molecule has 0 spiro atoms. The SMILES string of the molecule is C=CC(=O)N1CCN2c3ncc(C(F)(F)F)cc3C(O)C[C@H]2C1. The van der Waals surface area contributed by atoms with Crippen molar-refractivity contribution in [2.75, 3.05) is 24.5 Å². The zero-order valence-corrected chi connectivity index (χ0v) is 12.3. The van der Waals surface area contributed by atoms with Gasteiger partial charge in [-0.1, -0.05) is 6.58 Å². The summed E-state index contributed by atoms with van der Waals surface area (Å²) in [6, 6.07) is 0.796. The molecule has 1 saturated heterocycles. The lowest BCUT2D eigenvalue weighted by atomic mass is 9.93. The summed E-state index contributed by atoms with van der Waals surface area (Å²) in [7, 11) is 0. The van der Waals surface area contributed by atoms with Crippen molar-refractivity contribution in [2.24, 2.45) is 0 Å². The molecule has 124 valence electrons. The van der Waals surface area contributed by atoms with Gasteiger partial charge in [0.2, 0.25) is 5.91 Å². The molecule has 3 rings (SSSR count). The summed E-state index contributed by atoms with van der Waals surface area (Å²) in [5.74, 6) is 0.178. The average Bonchev–Trinajstić information content (AvgIpc) is 2.52. The molecule has 2 aliphatic heterocycles. The zero-order chi connectivity index (χ0) is 16.8. The Labute approximate surface area is 131 Å². The van der Waals surface area contributed by atoms with E-state index in [0.717, 1.165) is 12.3 Å². The predicted molar refractivity (Wildman–Crippen MR) is 76.7 cm³/mol. The second kappa shape index (κ2) is 5.52. The molecule has 1 unspecified atom stereocenters.